The van der Waals surface area contributed by atoms with E-state index in [0.29, 0.717) is 12.1 Å². The summed E-state index contributed by atoms with van der Waals surface area (Å²) in [7, 11) is 0. The highest BCUT2D eigenvalue weighted by atomic mass is 16.2. The minimum absolute atomic E-state index is 0.0454. The summed E-state index contributed by atoms with van der Waals surface area (Å²) in [5.74, 6) is 0. The normalized spacial score (nSPS) is 24.9. The molecule has 2 saturated heterocycles. The van der Waals surface area contributed by atoms with Crippen LogP contribution < -0.4 is 10.6 Å². The highest BCUT2D eigenvalue weighted by molar-refractivity contribution is 5.91. The van der Waals surface area contributed by atoms with Gasteiger partial charge in [0.15, 0.2) is 0 Å². The zero-order chi connectivity index (χ0) is 13.6. The molecule has 2 amide bonds. The number of hydrogen-bond donors (Lipinski definition) is 2. The number of benzene rings is 1. The second-order valence-corrected chi connectivity index (χ2v) is 5.85. The van der Waals surface area contributed by atoms with Gasteiger partial charge < -0.3 is 15.5 Å². The quantitative estimate of drug-likeness (QED) is 0.812. The SMILES string of the molecule is Cc1cc(C)c(NC(=O)N2CC3CC2CN3)c(C)c1. The van der Waals surface area contributed by atoms with Crippen molar-refractivity contribution < 1.29 is 4.79 Å². The van der Waals surface area contributed by atoms with Crippen molar-refractivity contribution in [3.8, 4) is 0 Å². The lowest BCUT2D eigenvalue weighted by Gasteiger charge is -2.28. The molecular formula is C15H21N3O. The summed E-state index contributed by atoms with van der Waals surface area (Å²) in [6, 6.07) is 5.14. The van der Waals surface area contributed by atoms with Crippen LogP contribution in [-0.4, -0.2) is 36.1 Å². The Kier molecular flexibility index (Phi) is 2.97. The van der Waals surface area contributed by atoms with Crippen molar-refractivity contribution in [3.05, 3.63) is 28.8 Å². The van der Waals surface area contributed by atoms with Crippen LogP contribution in [0.25, 0.3) is 0 Å². The van der Waals surface area contributed by atoms with Gasteiger partial charge in [-0.05, 0) is 38.3 Å². The average Bonchev–Trinajstić information content (AvgIpc) is 2.95. The number of aryl methyl sites for hydroxylation is 3. The first-order valence-corrected chi connectivity index (χ1v) is 6.93. The Balaban J connectivity index is 1.77. The molecule has 0 spiro atoms. The summed E-state index contributed by atoms with van der Waals surface area (Å²) < 4.78 is 0. The number of amides is 2. The summed E-state index contributed by atoms with van der Waals surface area (Å²) >= 11 is 0. The largest absolute Gasteiger partial charge is 0.322 e. The van der Waals surface area contributed by atoms with Gasteiger partial charge in [0.25, 0.3) is 0 Å². The molecule has 4 heteroatoms. The lowest BCUT2D eigenvalue weighted by molar-refractivity contribution is 0.199. The van der Waals surface area contributed by atoms with Crippen LogP contribution in [0.15, 0.2) is 12.1 Å². The predicted octanol–water partition coefficient (Wildman–Crippen LogP) is 2.19. The maximum atomic E-state index is 12.4. The van der Waals surface area contributed by atoms with E-state index in [1.807, 2.05) is 18.7 Å². The van der Waals surface area contributed by atoms with Crippen LogP contribution in [0.3, 0.4) is 0 Å². The van der Waals surface area contributed by atoms with E-state index in [4.69, 9.17) is 0 Å². The number of fused-ring (bicyclic) bond motifs is 2. The molecule has 2 unspecified atom stereocenters. The van der Waals surface area contributed by atoms with Gasteiger partial charge in [0.2, 0.25) is 0 Å². The number of anilines is 1. The van der Waals surface area contributed by atoms with Crippen LogP contribution in [0, 0.1) is 20.8 Å². The Morgan fingerprint density at radius 3 is 2.53 bits per heavy atom. The van der Waals surface area contributed by atoms with E-state index < -0.39 is 0 Å². The number of hydrogen-bond acceptors (Lipinski definition) is 2. The molecule has 1 aromatic carbocycles. The van der Waals surface area contributed by atoms with Crippen LogP contribution in [0.5, 0.6) is 0 Å². The predicted molar refractivity (Wildman–Crippen MR) is 76.6 cm³/mol. The third kappa shape index (κ3) is 2.21. The summed E-state index contributed by atoms with van der Waals surface area (Å²) in [6.45, 7) is 7.95. The second kappa shape index (κ2) is 4.53. The van der Waals surface area contributed by atoms with E-state index in [-0.39, 0.29) is 6.03 Å². The van der Waals surface area contributed by atoms with Crippen molar-refractivity contribution in [1.82, 2.24) is 10.2 Å². The first-order valence-electron chi connectivity index (χ1n) is 6.93. The average molecular weight is 259 g/mol. The Bertz CT molecular complexity index is 503. The number of rotatable bonds is 1. The third-order valence-corrected chi connectivity index (χ3v) is 4.23. The first kappa shape index (κ1) is 12.5. The molecule has 2 heterocycles. The van der Waals surface area contributed by atoms with Crippen molar-refractivity contribution >= 4 is 11.7 Å². The van der Waals surface area contributed by atoms with E-state index in [0.717, 1.165) is 36.3 Å². The fourth-order valence-electron chi connectivity index (χ4n) is 3.37. The van der Waals surface area contributed by atoms with Gasteiger partial charge in [-0.1, -0.05) is 17.7 Å². The van der Waals surface area contributed by atoms with Crippen LogP contribution in [0.2, 0.25) is 0 Å². The van der Waals surface area contributed by atoms with Gasteiger partial charge in [0, 0.05) is 30.9 Å². The minimum atomic E-state index is 0.0454. The summed E-state index contributed by atoms with van der Waals surface area (Å²) in [6.07, 6.45) is 1.10. The smallest absolute Gasteiger partial charge is 0.319 e. The second-order valence-electron chi connectivity index (χ2n) is 5.85. The topological polar surface area (TPSA) is 44.4 Å². The monoisotopic (exact) mass is 259 g/mol. The molecule has 1 aromatic rings. The highest BCUT2D eigenvalue weighted by Gasteiger charge is 2.40. The van der Waals surface area contributed by atoms with Gasteiger partial charge in [0.1, 0.15) is 0 Å². The van der Waals surface area contributed by atoms with E-state index in [1.165, 1.54) is 5.56 Å². The van der Waals surface area contributed by atoms with E-state index in [2.05, 4.69) is 29.7 Å². The molecule has 0 radical (unpaired) electrons. The fourth-order valence-corrected chi connectivity index (χ4v) is 3.37. The van der Waals surface area contributed by atoms with Crippen LogP contribution in [-0.2, 0) is 0 Å². The number of carbonyl (C=O) groups is 1. The van der Waals surface area contributed by atoms with Gasteiger partial charge in [-0.2, -0.15) is 0 Å². The number of piperazine rings is 1. The third-order valence-electron chi connectivity index (χ3n) is 4.23. The van der Waals surface area contributed by atoms with Gasteiger partial charge in [-0.3, -0.25) is 0 Å². The van der Waals surface area contributed by atoms with Gasteiger partial charge >= 0.3 is 6.03 Å². The summed E-state index contributed by atoms with van der Waals surface area (Å²) in [5.41, 5.74) is 4.46. The number of likely N-dealkylation sites (tertiary alicyclic amines) is 1. The zero-order valence-corrected chi connectivity index (χ0v) is 11.8. The molecule has 2 aliphatic rings. The molecule has 3 rings (SSSR count). The number of nitrogens with one attached hydrogen (secondary N) is 2. The molecule has 0 saturated carbocycles. The molecule has 2 aliphatic heterocycles. The van der Waals surface area contributed by atoms with Crippen molar-refractivity contribution in [2.45, 2.75) is 39.3 Å². The molecule has 2 bridgehead atoms. The van der Waals surface area contributed by atoms with E-state index >= 15 is 0 Å². The van der Waals surface area contributed by atoms with Crippen molar-refractivity contribution in [2.75, 3.05) is 18.4 Å². The molecule has 0 aromatic heterocycles. The van der Waals surface area contributed by atoms with Crippen molar-refractivity contribution in [1.29, 1.82) is 0 Å². The Hall–Kier alpha value is -1.55. The lowest BCUT2D eigenvalue weighted by Crippen LogP contribution is -2.48. The van der Waals surface area contributed by atoms with Gasteiger partial charge in [-0.25, -0.2) is 4.79 Å². The Labute approximate surface area is 114 Å². The van der Waals surface area contributed by atoms with Gasteiger partial charge in [-0.15, -0.1) is 0 Å². The van der Waals surface area contributed by atoms with Gasteiger partial charge in [0.05, 0.1) is 0 Å². The van der Waals surface area contributed by atoms with Crippen LogP contribution in [0.1, 0.15) is 23.1 Å². The molecule has 2 N–H and O–H groups in total. The molecule has 102 valence electrons. The Morgan fingerprint density at radius 2 is 2.00 bits per heavy atom. The van der Waals surface area contributed by atoms with Crippen molar-refractivity contribution in [3.63, 3.8) is 0 Å². The maximum Gasteiger partial charge on any atom is 0.322 e. The summed E-state index contributed by atoms with van der Waals surface area (Å²) in [5, 5.41) is 6.51. The zero-order valence-electron chi connectivity index (χ0n) is 11.8. The van der Waals surface area contributed by atoms with E-state index in [1.54, 1.807) is 0 Å². The molecule has 19 heavy (non-hydrogen) atoms. The number of carbonyl (C=O) groups excluding carboxylic acids is 1. The van der Waals surface area contributed by atoms with Crippen molar-refractivity contribution in [2.24, 2.45) is 0 Å². The first-order chi connectivity index (χ1) is 9.04. The molecule has 2 fully saturated rings. The minimum Gasteiger partial charge on any atom is -0.319 e. The van der Waals surface area contributed by atoms with Crippen LogP contribution >= 0.6 is 0 Å². The fraction of sp³-hybridized carbons (Fsp3) is 0.533. The number of urea groups is 1. The molecule has 0 aliphatic carbocycles. The molecular weight excluding hydrogens is 238 g/mol. The molecule has 4 nitrogen and oxygen atoms in total. The maximum absolute atomic E-state index is 12.4. The Morgan fingerprint density at radius 1 is 1.32 bits per heavy atom. The standard InChI is InChI=1S/C15H21N3O/c1-9-4-10(2)14(11(3)5-9)17-15(19)18-8-12-6-13(18)7-16-12/h4-5,12-13,16H,6-8H2,1-3H3,(H,17,19). The lowest BCUT2D eigenvalue weighted by atomic mass is 10.1. The van der Waals surface area contributed by atoms with E-state index in [9.17, 15) is 4.79 Å². The molecule has 2 atom stereocenters. The number of nitrogens with zero attached hydrogens (tertiary/aromatic N) is 1. The summed E-state index contributed by atoms with van der Waals surface area (Å²) in [4.78, 5) is 14.4. The van der Waals surface area contributed by atoms with Crippen LogP contribution in [0.4, 0.5) is 10.5 Å². The highest BCUT2D eigenvalue weighted by Crippen LogP contribution is 2.26.